The van der Waals surface area contributed by atoms with E-state index in [2.05, 4.69) is 20.3 Å². The SMILES string of the molecule is COc1cccc(OCc2nnc(SCc3nc(-c4ccc([N+](=O)[O-])cc4)no3)n2N)c1. The quantitative estimate of drug-likeness (QED) is 0.171. The molecule has 4 rings (SSSR count). The third-order valence-electron chi connectivity index (χ3n) is 4.27. The molecule has 2 N–H and O–H groups in total. The molecule has 32 heavy (non-hydrogen) atoms. The molecule has 0 atom stereocenters. The summed E-state index contributed by atoms with van der Waals surface area (Å²) in [6, 6.07) is 13.1. The lowest BCUT2D eigenvalue weighted by Gasteiger charge is -2.07. The molecular formula is C19H17N7O5S. The lowest BCUT2D eigenvalue weighted by atomic mass is 10.2. The zero-order valence-electron chi connectivity index (χ0n) is 16.7. The smallest absolute Gasteiger partial charge is 0.269 e. The zero-order chi connectivity index (χ0) is 22.5. The number of nitro groups is 1. The highest BCUT2D eigenvalue weighted by Gasteiger charge is 2.15. The van der Waals surface area contributed by atoms with Gasteiger partial charge in [-0.15, -0.1) is 10.2 Å². The summed E-state index contributed by atoms with van der Waals surface area (Å²) in [7, 11) is 1.58. The van der Waals surface area contributed by atoms with Gasteiger partial charge in [0.2, 0.25) is 16.9 Å². The molecule has 0 saturated carbocycles. The fraction of sp³-hybridized carbons (Fsp3) is 0.158. The highest BCUT2D eigenvalue weighted by Crippen LogP contribution is 2.24. The van der Waals surface area contributed by atoms with Crippen LogP contribution in [0.1, 0.15) is 11.7 Å². The van der Waals surface area contributed by atoms with Crippen LogP contribution in [0.25, 0.3) is 11.4 Å². The Morgan fingerprint density at radius 3 is 2.72 bits per heavy atom. The minimum atomic E-state index is -0.471. The van der Waals surface area contributed by atoms with Crippen LogP contribution in [0.15, 0.2) is 58.2 Å². The van der Waals surface area contributed by atoms with Gasteiger partial charge in [-0.05, 0) is 24.3 Å². The Labute approximate surface area is 185 Å². The lowest BCUT2D eigenvalue weighted by Crippen LogP contribution is -2.15. The summed E-state index contributed by atoms with van der Waals surface area (Å²) in [6.45, 7) is 0.127. The summed E-state index contributed by atoms with van der Waals surface area (Å²) >= 11 is 1.27. The number of nitrogens with zero attached hydrogens (tertiary/aromatic N) is 6. The molecule has 4 aromatic rings. The fourth-order valence-corrected chi connectivity index (χ4v) is 3.35. The van der Waals surface area contributed by atoms with Gasteiger partial charge in [0.25, 0.3) is 5.69 Å². The van der Waals surface area contributed by atoms with E-state index < -0.39 is 4.92 Å². The van der Waals surface area contributed by atoms with E-state index >= 15 is 0 Å². The molecule has 13 heteroatoms. The Kier molecular flexibility index (Phi) is 6.17. The van der Waals surface area contributed by atoms with Crippen molar-refractivity contribution >= 4 is 17.4 Å². The number of rotatable bonds is 9. The van der Waals surface area contributed by atoms with Crippen LogP contribution < -0.4 is 15.3 Å². The molecule has 2 aromatic carbocycles. The summed E-state index contributed by atoms with van der Waals surface area (Å²) in [4.78, 5) is 14.6. The number of thioether (sulfide) groups is 1. The first-order chi connectivity index (χ1) is 15.5. The van der Waals surface area contributed by atoms with E-state index in [0.717, 1.165) is 0 Å². The average molecular weight is 455 g/mol. The van der Waals surface area contributed by atoms with Gasteiger partial charge < -0.3 is 19.8 Å². The van der Waals surface area contributed by atoms with Crippen molar-refractivity contribution in [2.75, 3.05) is 13.0 Å². The predicted octanol–water partition coefficient (Wildman–Crippen LogP) is 2.83. The number of nitro benzene ring substituents is 1. The molecular weight excluding hydrogens is 438 g/mol. The number of non-ortho nitro benzene ring substituents is 1. The van der Waals surface area contributed by atoms with Crippen molar-refractivity contribution in [3.63, 3.8) is 0 Å². The molecule has 0 amide bonds. The Balaban J connectivity index is 1.35. The van der Waals surface area contributed by atoms with Crippen LogP contribution in [-0.2, 0) is 12.4 Å². The van der Waals surface area contributed by atoms with Gasteiger partial charge >= 0.3 is 0 Å². The summed E-state index contributed by atoms with van der Waals surface area (Å²) in [5.74, 6) is 8.79. The molecule has 0 aliphatic carbocycles. The number of hydrogen-bond acceptors (Lipinski definition) is 11. The standard InChI is InChI=1S/C19H17N7O5S/c1-29-14-3-2-4-15(9-14)30-10-16-22-23-19(25(16)20)32-11-17-21-18(24-31-17)12-5-7-13(8-6-12)26(27)28/h2-9H,10-11,20H2,1H3. The molecule has 2 heterocycles. The van der Waals surface area contributed by atoms with Gasteiger partial charge in [0.05, 0.1) is 17.8 Å². The maximum absolute atomic E-state index is 10.8. The second-order valence-electron chi connectivity index (χ2n) is 6.34. The van der Waals surface area contributed by atoms with Gasteiger partial charge in [0.15, 0.2) is 5.82 Å². The third-order valence-corrected chi connectivity index (χ3v) is 5.20. The van der Waals surface area contributed by atoms with Gasteiger partial charge in [0.1, 0.15) is 18.1 Å². The monoisotopic (exact) mass is 455 g/mol. The second kappa shape index (κ2) is 9.34. The maximum atomic E-state index is 10.8. The summed E-state index contributed by atoms with van der Waals surface area (Å²) in [5, 5.41) is 23.2. The second-order valence-corrected chi connectivity index (χ2v) is 7.28. The average Bonchev–Trinajstić information content (AvgIpc) is 3.43. The van der Waals surface area contributed by atoms with Crippen LogP contribution in [0.4, 0.5) is 5.69 Å². The molecule has 0 bridgehead atoms. The Morgan fingerprint density at radius 2 is 1.97 bits per heavy atom. The number of benzene rings is 2. The van der Waals surface area contributed by atoms with Crippen molar-refractivity contribution in [3.05, 3.63) is 70.4 Å². The molecule has 0 radical (unpaired) electrons. The van der Waals surface area contributed by atoms with E-state index in [9.17, 15) is 10.1 Å². The first-order valence-corrected chi connectivity index (χ1v) is 10.2. The van der Waals surface area contributed by atoms with Crippen LogP contribution in [-0.4, -0.2) is 37.0 Å². The summed E-state index contributed by atoms with van der Waals surface area (Å²) in [6.07, 6.45) is 0. The number of nitrogen functional groups attached to an aromatic ring is 1. The Hall–Kier alpha value is -4.13. The van der Waals surface area contributed by atoms with E-state index in [1.165, 1.54) is 28.6 Å². The van der Waals surface area contributed by atoms with Crippen LogP contribution in [0.3, 0.4) is 0 Å². The number of aromatic nitrogens is 5. The third kappa shape index (κ3) is 4.78. The van der Waals surface area contributed by atoms with E-state index in [0.29, 0.717) is 45.5 Å². The van der Waals surface area contributed by atoms with E-state index in [1.807, 2.05) is 12.1 Å². The van der Waals surface area contributed by atoms with Crippen molar-refractivity contribution in [1.82, 2.24) is 25.0 Å². The zero-order valence-corrected chi connectivity index (χ0v) is 17.6. The largest absolute Gasteiger partial charge is 0.497 e. The molecule has 164 valence electrons. The van der Waals surface area contributed by atoms with Crippen molar-refractivity contribution in [3.8, 4) is 22.9 Å². The normalized spacial score (nSPS) is 10.8. The van der Waals surface area contributed by atoms with Crippen molar-refractivity contribution in [2.45, 2.75) is 17.5 Å². The van der Waals surface area contributed by atoms with Crippen molar-refractivity contribution in [1.29, 1.82) is 0 Å². The predicted molar refractivity (Wildman–Crippen MR) is 113 cm³/mol. The number of methoxy groups -OCH3 is 1. The fourth-order valence-electron chi connectivity index (χ4n) is 2.63. The van der Waals surface area contributed by atoms with Gasteiger partial charge in [0, 0.05) is 23.8 Å². The highest BCUT2D eigenvalue weighted by atomic mass is 32.2. The van der Waals surface area contributed by atoms with Crippen LogP contribution in [0.2, 0.25) is 0 Å². The van der Waals surface area contributed by atoms with E-state index in [4.69, 9.17) is 19.8 Å². The Morgan fingerprint density at radius 1 is 1.19 bits per heavy atom. The first kappa shape index (κ1) is 21.1. The van der Waals surface area contributed by atoms with Gasteiger partial charge in [-0.25, -0.2) is 4.68 Å². The van der Waals surface area contributed by atoms with Crippen LogP contribution in [0.5, 0.6) is 11.5 Å². The first-order valence-electron chi connectivity index (χ1n) is 9.20. The lowest BCUT2D eigenvalue weighted by molar-refractivity contribution is -0.384. The highest BCUT2D eigenvalue weighted by molar-refractivity contribution is 7.98. The van der Waals surface area contributed by atoms with Crippen molar-refractivity contribution in [2.24, 2.45) is 0 Å². The summed E-state index contributed by atoms with van der Waals surface area (Å²) in [5.41, 5.74) is 0.594. The number of hydrogen-bond donors (Lipinski definition) is 1. The van der Waals surface area contributed by atoms with Crippen LogP contribution >= 0.6 is 11.8 Å². The minimum absolute atomic E-state index is 0.0125. The molecule has 0 spiro atoms. The van der Waals surface area contributed by atoms with Crippen molar-refractivity contribution < 1.29 is 18.9 Å². The number of nitrogens with two attached hydrogens (primary N) is 1. The van der Waals surface area contributed by atoms with E-state index in [-0.39, 0.29) is 12.3 Å². The van der Waals surface area contributed by atoms with Gasteiger partial charge in [-0.1, -0.05) is 23.0 Å². The molecule has 0 aliphatic heterocycles. The van der Waals surface area contributed by atoms with Crippen LogP contribution in [0, 0.1) is 10.1 Å². The molecule has 0 unspecified atom stereocenters. The molecule has 0 aliphatic rings. The van der Waals surface area contributed by atoms with Gasteiger partial charge in [-0.3, -0.25) is 10.1 Å². The van der Waals surface area contributed by atoms with E-state index in [1.54, 1.807) is 31.4 Å². The van der Waals surface area contributed by atoms with Gasteiger partial charge in [-0.2, -0.15) is 4.98 Å². The maximum Gasteiger partial charge on any atom is 0.269 e. The number of ether oxygens (including phenoxy) is 2. The molecule has 12 nitrogen and oxygen atoms in total. The minimum Gasteiger partial charge on any atom is -0.497 e. The topological polar surface area (TPSA) is 157 Å². The molecule has 0 fully saturated rings. The molecule has 0 saturated heterocycles. The summed E-state index contributed by atoms with van der Waals surface area (Å²) < 4.78 is 17.4. The Bertz CT molecular complexity index is 1230. The molecule has 2 aromatic heterocycles.